The minimum atomic E-state index is 0.133. The molecule has 0 amide bonds. The van der Waals surface area contributed by atoms with E-state index in [-0.39, 0.29) is 12.4 Å². The van der Waals surface area contributed by atoms with Gasteiger partial charge < -0.3 is 9.47 Å². The summed E-state index contributed by atoms with van der Waals surface area (Å²) >= 11 is 0. The molecule has 0 radical (unpaired) electrons. The third kappa shape index (κ3) is 4.13. The zero-order valence-electron chi connectivity index (χ0n) is 9.16. The molecule has 0 fully saturated rings. The molecule has 0 N–H and O–H groups in total. The van der Waals surface area contributed by atoms with Crippen LogP contribution in [-0.4, -0.2) is 26.6 Å². The predicted octanol–water partition coefficient (Wildman–Crippen LogP) is 1.84. The molecular formula is C12H16O3. The van der Waals surface area contributed by atoms with E-state index in [0.29, 0.717) is 6.42 Å². The van der Waals surface area contributed by atoms with Crippen LogP contribution >= 0.6 is 0 Å². The molecule has 0 bridgehead atoms. The maximum Gasteiger partial charge on any atom is 0.158 e. The quantitative estimate of drug-likeness (QED) is 0.715. The molecule has 0 aliphatic rings. The van der Waals surface area contributed by atoms with Crippen LogP contribution in [0.15, 0.2) is 24.3 Å². The number of methoxy groups -OCH3 is 2. The highest BCUT2D eigenvalue weighted by atomic mass is 16.5. The van der Waals surface area contributed by atoms with Crippen molar-refractivity contribution in [3.8, 4) is 5.75 Å². The topological polar surface area (TPSA) is 35.5 Å². The number of hydrogen-bond donors (Lipinski definition) is 0. The first kappa shape index (κ1) is 11.7. The Kier molecular flexibility index (Phi) is 4.84. The second kappa shape index (κ2) is 6.19. The molecule has 1 rings (SSSR count). The van der Waals surface area contributed by atoms with Gasteiger partial charge in [0.25, 0.3) is 0 Å². The van der Waals surface area contributed by atoms with E-state index in [2.05, 4.69) is 0 Å². The molecule has 1 aromatic rings. The Bertz CT molecular complexity index is 303. The minimum Gasteiger partial charge on any atom is -0.497 e. The smallest absolute Gasteiger partial charge is 0.158 e. The van der Waals surface area contributed by atoms with E-state index in [1.54, 1.807) is 7.11 Å². The van der Waals surface area contributed by atoms with E-state index in [1.807, 2.05) is 24.3 Å². The van der Waals surface area contributed by atoms with Crippen molar-refractivity contribution in [2.45, 2.75) is 12.8 Å². The van der Waals surface area contributed by atoms with Gasteiger partial charge in [0.05, 0.1) is 7.11 Å². The normalized spacial score (nSPS) is 10.0. The molecule has 82 valence electrons. The van der Waals surface area contributed by atoms with Crippen molar-refractivity contribution >= 4 is 5.78 Å². The van der Waals surface area contributed by atoms with Gasteiger partial charge in [-0.1, -0.05) is 12.1 Å². The molecule has 3 heteroatoms. The number of rotatable bonds is 6. The standard InChI is InChI=1S/C12H16O3/c1-14-9-11(13)6-3-10-4-7-12(15-2)8-5-10/h4-5,7-8H,3,6,9H2,1-2H3. The van der Waals surface area contributed by atoms with Crippen LogP contribution in [0.25, 0.3) is 0 Å². The number of benzene rings is 1. The fourth-order valence-corrected chi connectivity index (χ4v) is 1.31. The van der Waals surface area contributed by atoms with Crippen molar-refractivity contribution < 1.29 is 14.3 Å². The Labute approximate surface area is 90.0 Å². The lowest BCUT2D eigenvalue weighted by molar-refractivity contribution is -0.122. The molecule has 15 heavy (non-hydrogen) atoms. The predicted molar refractivity (Wildman–Crippen MR) is 58.2 cm³/mol. The van der Waals surface area contributed by atoms with Gasteiger partial charge in [-0.15, -0.1) is 0 Å². The molecule has 1 aromatic carbocycles. The number of ether oxygens (including phenoxy) is 2. The summed E-state index contributed by atoms with van der Waals surface area (Å²) in [5, 5.41) is 0. The summed E-state index contributed by atoms with van der Waals surface area (Å²) in [6.07, 6.45) is 1.28. The summed E-state index contributed by atoms with van der Waals surface area (Å²) in [4.78, 5) is 11.2. The van der Waals surface area contributed by atoms with E-state index < -0.39 is 0 Å². The Morgan fingerprint density at radius 2 is 1.87 bits per heavy atom. The highest BCUT2D eigenvalue weighted by Crippen LogP contribution is 2.12. The number of aryl methyl sites for hydroxylation is 1. The third-order valence-corrected chi connectivity index (χ3v) is 2.16. The van der Waals surface area contributed by atoms with Gasteiger partial charge >= 0.3 is 0 Å². The summed E-state index contributed by atoms with van der Waals surface area (Å²) in [5.74, 6) is 0.968. The maximum atomic E-state index is 11.2. The van der Waals surface area contributed by atoms with Crippen molar-refractivity contribution in [1.82, 2.24) is 0 Å². The molecule has 0 saturated heterocycles. The first-order valence-electron chi connectivity index (χ1n) is 4.90. The number of Topliss-reactive ketones (excluding diaryl/α,β-unsaturated/α-hetero) is 1. The average molecular weight is 208 g/mol. The van der Waals surface area contributed by atoms with Crippen LogP contribution in [0.4, 0.5) is 0 Å². The Balaban J connectivity index is 2.40. The lowest BCUT2D eigenvalue weighted by Crippen LogP contribution is -2.07. The minimum absolute atomic E-state index is 0.133. The van der Waals surface area contributed by atoms with Gasteiger partial charge in [-0.05, 0) is 24.1 Å². The van der Waals surface area contributed by atoms with E-state index >= 15 is 0 Å². The molecule has 0 aromatic heterocycles. The second-order valence-corrected chi connectivity index (χ2v) is 3.32. The van der Waals surface area contributed by atoms with Crippen LogP contribution in [0.2, 0.25) is 0 Å². The van der Waals surface area contributed by atoms with Crippen LogP contribution in [0, 0.1) is 0 Å². The summed E-state index contributed by atoms with van der Waals surface area (Å²) in [6.45, 7) is 0.205. The number of carbonyl (C=O) groups is 1. The first-order valence-corrected chi connectivity index (χ1v) is 4.90. The van der Waals surface area contributed by atoms with E-state index in [1.165, 1.54) is 7.11 Å². The molecule has 0 aliphatic carbocycles. The molecule has 0 saturated carbocycles. The molecule has 0 spiro atoms. The monoisotopic (exact) mass is 208 g/mol. The Hall–Kier alpha value is -1.35. The highest BCUT2D eigenvalue weighted by molar-refractivity contribution is 5.79. The van der Waals surface area contributed by atoms with Gasteiger partial charge in [0.2, 0.25) is 0 Å². The van der Waals surface area contributed by atoms with Crippen molar-refractivity contribution in [3.63, 3.8) is 0 Å². The summed E-state index contributed by atoms with van der Waals surface area (Å²) in [7, 11) is 3.17. The van der Waals surface area contributed by atoms with Gasteiger partial charge in [-0.25, -0.2) is 0 Å². The largest absolute Gasteiger partial charge is 0.497 e. The average Bonchev–Trinajstić information content (AvgIpc) is 2.27. The number of hydrogen-bond acceptors (Lipinski definition) is 3. The second-order valence-electron chi connectivity index (χ2n) is 3.32. The summed E-state index contributed by atoms with van der Waals surface area (Å²) in [5.41, 5.74) is 1.14. The van der Waals surface area contributed by atoms with Crippen LogP contribution in [0.5, 0.6) is 5.75 Å². The number of carbonyl (C=O) groups excluding carboxylic acids is 1. The third-order valence-electron chi connectivity index (χ3n) is 2.16. The van der Waals surface area contributed by atoms with Gasteiger partial charge in [0.1, 0.15) is 12.4 Å². The fraction of sp³-hybridized carbons (Fsp3) is 0.417. The van der Waals surface area contributed by atoms with Crippen LogP contribution in [0.3, 0.4) is 0 Å². The van der Waals surface area contributed by atoms with Crippen LogP contribution in [-0.2, 0) is 16.0 Å². The maximum absolute atomic E-state index is 11.2. The van der Waals surface area contributed by atoms with Crippen molar-refractivity contribution in [2.24, 2.45) is 0 Å². The van der Waals surface area contributed by atoms with E-state index in [9.17, 15) is 4.79 Å². The van der Waals surface area contributed by atoms with Crippen molar-refractivity contribution in [1.29, 1.82) is 0 Å². The van der Waals surface area contributed by atoms with Crippen molar-refractivity contribution in [2.75, 3.05) is 20.8 Å². The zero-order chi connectivity index (χ0) is 11.1. The van der Waals surface area contributed by atoms with Gasteiger partial charge in [0, 0.05) is 13.5 Å². The van der Waals surface area contributed by atoms with Gasteiger partial charge in [-0.2, -0.15) is 0 Å². The lowest BCUT2D eigenvalue weighted by Gasteiger charge is -2.02. The van der Waals surface area contributed by atoms with E-state index in [4.69, 9.17) is 9.47 Å². The molecule has 0 unspecified atom stereocenters. The first-order chi connectivity index (χ1) is 7.26. The highest BCUT2D eigenvalue weighted by Gasteiger charge is 2.01. The Morgan fingerprint density at radius 3 is 2.40 bits per heavy atom. The van der Waals surface area contributed by atoms with Crippen LogP contribution in [0.1, 0.15) is 12.0 Å². The molecular weight excluding hydrogens is 192 g/mol. The Morgan fingerprint density at radius 1 is 1.20 bits per heavy atom. The molecule has 0 aliphatic heterocycles. The van der Waals surface area contributed by atoms with Gasteiger partial charge in [-0.3, -0.25) is 4.79 Å². The molecule has 3 nitrogen and oxygen atoms in total. The summed E-state index contributed by atoms with van der Waals surface area (Å²) in [6, 6.07) is 7.74. The van der Waals surface area contributed by atoms with Crippen molar-refractivity contribution in [3.05, 3.63) is 29.8 Å². The van der Waals surface area contributed by atoms with E-state index in [0.717, 1.165) is 17.7 Å². The van der Waals surface area contributed by atoms with Gasteiger partial charge in [0.15, 0.2) is 5.78 Å². The lowest BCUT2D eigenvalue weighted by atomic mass is 10.1. The summed E-state index contributed by atoms with van der Waals surface area (Å²) < 4.78 is 9.81. The zero-order valence-corrected chi connectivity index (χ0v) is 9.16. The fourth-order valence-electron chi connectivity index (χ4n) is 1.31. The SMILES string of the molecule is COCC(=O)CCc1ccc(OC)cc1. The molecule has 0 atom stereocenters. The number of ketones is 1. The molecule has 0 heterocycles. The van der Waals surface area contributed by atoms with Crippen LogP contribution < -0.4 is 4.74 Å².